The second-order valence-electron chi connectivity index (χ2n) is 7.90. The van der Waals surface area contributed by atoms with Crippen molar-refractivity contribution in [3.8, 4) is 0 Å². The number of rotatable bonds is 4. The monoisotopic (exact) mass is 416 g/mol. The van der Waals surface area contributed by atoms with E-state index in [2.05, 4.69) is 34.5 Å². The number of halogens is 2. The Labute approximate surface area is 177 Å². The minimum Gasteiger partial charge on any atom is -0.349 e. The third-order valence-electron chi connectivity index (χ3n) is 6.09. The first-order chi connectivity index (χ1) is 13.6. The maximum Gasteiger partial charge on any atom is 0.223 e. The summed E-state index contributed by atoms with van der Waals surface area (Å²) >= 11 is 12.6. The summed E-state index contributed by atoms with van der Waals surface area (Å²) in [7, 11) is 0. The number of fused-ring (bicyclic) bond motifs is 1. The molecule has 1 atom stereocenters. The number of benzene rings is 2. The average molecular weight is 417 g/mol. The van der Waals surface area contributed by atoms with Gasteiger partial charge in [-0.25, -0.2) is 0 Å². The molecule has 1 aliphatic heterocycles. The maximum absolute atomic E-state index is 12.9. The van der Waals surface area contributed by atoms with E-state index in [0.29, 0.717) is 10.0 Å². The van der Waals surface area contributed by atoms with Gasteiger partial charge >= 0.3 is 0 Å². The highest BCUT2D eigenvalue weighted by Crippen LogP contribution is 2.31. The van der Waals surface area contributed by atoms with Crippen LogP contribution >= 0.6 is 23.2 Å². The molecule has 28 heavy (non-hydrogen) atoms. The van der Waals surface area contributed by atoms with Crippen molar-refractivity contribution in [2.24, 2.45) is 5.92 Å². The number of likely N-dealkylation sites (tertiary alicyclic amines) is 1. The summed E-state index contributed by atoms with van der Waals surface area (Å²) in [5.74, 6) is 0.296. The minimum atomic E-state index is 0.0899. The van der Waals surface area contributed by atoms with Crippen LogP contribution in [0.3, 0.4) is 0 Å². The Balaban J connectivity index is 1.32. The highest BCUT2D eigenvalue weighted by atomic mass is 35.5. The number of nitrogens with one attached hydrogen (secondary N) is 1. The number of amides is 1. The summed E-state index contributed by atoms with van der Waals surface area (Å²) in [6.45, 7) is 2.52. The Hall–Kier alpha value is -1.55. The van der Waals surface area contributed by atoms with Crippen molar-refractivity contribution in [1.82, 2.24) is 10.2 Å². The standard InChI is InChI=1S/C23H26Cl2N2O/c24-20-8-4-9-21(25)19(20)15-27-13-11-17(12-14-27)23(28)26-22-10-3-6-16-5-1-2-7-18(16)22/h1-2,4-5,7-9,17,22H,3,6,10-15H2,(H,26,28). The summed E-state index contributed by atoms with van der Waals surface area (Å²) in [5.41, 5.74) is 3.66. The first-order valence-electron chi connectivity index (χ1n) is 10.2. The molecule has 2 aromatic carbocycles. The van der Waals surface area contributed by atoms with E-state index in [1.165, 1.54) is 11.1 Å². The molecule has 148 valence electrons. The topological polar surface area (TPSA) is 32.3 Å². The number of carbonyl (C=O) groups is 1. The molecule has 2 aliphatic rings. The van der Waals surface area contributed by atoms with Crippen molar-refractivity contribution in [1.29, 1.82) is 0 Å². The normalized spacial score (nSPS) is 20.6. The van der Waals surface area contributed by atoms with Crippen LogP contribution in [-0.4, -0.2) is 23.9 Å². The number of hydrogen-bond donors (Lipinski definition) is 1. The number of piperidine rings is 1. The Morgan fingerprint density at radius 2 is 1.71 bits per heavy atom. The number of carbonyl (C=O) groups excluding carboxylic acids is 1. The molecule has 1 fully saturated rings. The molecular formula is C23H26Cl2N2O. The van der Waals surface area contributed by atoms with Crippen molar-refractivity contribution in [3.05, 3.63) is 69.2 Å². The zero-order valence-electron chi connectivity index (χ0n) is 16.0. The molecule has 0 saturated carbocycles. The fourth-order valence-corrected chi connectivity index (χ4v) is 4.97. The quantitative estimate of drug-likeness (QED) is 0.723. The summed E-state index contributed by atoms with van der Waals surface area (Å²) in [6.07, 6.45) is 5.04. The number of nitrogens with zero attached hydrogens (tertiary/aromatic N) is 1. The molecule has 0 spiro atoms. The molecule has 1 aliphatic carbocycles. The van der Waals surface area contributed by atoms with E-state index in [1.54, 1.807) is 0 Å². The fraction of sp³-hybridized carbons (Fsp3) is 0.435. The van der Waals surface area contributed by atoms with E-state index in [4.69, 9.17) is 23.2 Å². The first-order valence-corrected chi connectivity index (χ1v) is 10.9. The van der Waals surface area contributed by atoms with E-state index in [9.17, 15) is 4.79 Å². The van der Waals surface area contributed by atoms with Crippen molar-refractivity contribution >= 4 is 29.1 Å². The SMILES string of the molecule is O=C(NC1CCCc2ccccc21)C1CCN(Cc2c(Cl)cccc2Cl)CC1. The van der Waals surface area contributed by atoms with Crippen LogP contribution in [-0.2, 0) is 17.8 Å². The Morgan fingerprint density at radius 1 is 1.00 bits per heavy atom. The van der Waals surface area contributed by atoms with Crippen LogP contribution in [0.1, 0.15) is 48.4 Å². The van der Waals surface area contributed by atoms with Crippen LogP contribution in [0.25, 0.3) is 0 Å². The van der Waals surface area contributed by atoms with Gasteiger partial charge in [0.25, 0.3) is 0 Å². The molecule has 0 bridgehead atoms. The second-order valence-corrected chi connectivity index (χ2v) is 8.72. The lowest BCUT2D eigenvalue weighted by molar-refractivity contribution is -0.127. The molecule has 5 heteroatoms. The van der Waals surface area contributed by atoms with Gasteiger partial charge in [-0.05, 0) is 68.5 Å². The van der Waals surface area contributed by atoms with Crippen LogP contribution in [0.15, 0.2) is 42.5 Å². The molecule has 1 saturated heterocycles. The summed E-state index contributed by atoms with van der Waals surface area (Å²) < 4.78 is 0. The molecule has 1 unspecified atom stereocenters. The predicted molar refractivity (Wildman–Crippen MR) is 115 cm³/mol. The molecule has 3 nitrogen and oxygen atoms in total. The van der Waals surface area contributed by atoms with Gasteiger partial charge in [-0.3, -0.25) is 9.69 Å². The lowest BCUT2D eigenvalue weighted by Crippen LogP contribution is -2.41. The van der Waals surface area contributed by atoms with Crippen molar-refractivity contribution in [2.75, 3.05) is 13.1 Å². The molecule has 2 aromatic rings. The van der Waals surface area contributed by atoms with Crippen molar-refractivity contribution < 1.29 is 4.79 Å². The van der Waals surface area contributed by atoms with Gasteiger partial charge in [0.1, 0.15) is 0 Å². The summed E-state index contributed by atoms with van der Waals surface area (Å²) in [5, 5.41) is 4.75. The fourth-order valence-electron chi connectivity index (χ4n) is 4.45. The second kappa shape index (κ2) is 8.86. The average Bonchev–Trinajstić information content (AvgIpc) is 2.71. The third kappa shape index (κ3) is 4.37. The zero-order chi connectivity index (χ0) is 19.5. The smallest absolute Gasteiger partial charge is 0.223 e. The maximum atomic E-state index is 12.9. The highest BCUT2D eigenvalue weighted by Gasteiger charge is 2.28. The van der Waals surface area contributed by atoms with Crippen LogP contribution < -0.4 is 5.32 Å². The van der Waals surface area contributed by atoms with E-state index in [-0.39, 0.29) is 17.9 Å². The van der Waals surface area contributed by atoms with Gasteiger partial charge in [0.2, 0.25) is 5.91 Å². The molecule has 4 rings (SSSR count). The van der Waals surface area contributed by atoms with Gasteiger partial charge in [0, 0.05) is 28.1 Å². The number of hydrogen-bond acceptors (Lipinski definition) is 2. The van der Waals surface area contributed by atoms with Gasteiger partial charge in [-0.2, -0.15) is 0 Å². The summed E-state index contributed by atoms with van der Waals surface area (Å²) in [6, 6.07) is 14.3. The van der Waals surface area contributed by atoms with Crippen molar-refractivity contribution in [3.63, 3.8) is 0 Å². The van der Waals surface area contributed by atoms with E-state index < -0.39 is 0 Å². The summed E-state index contributed by atoms with van der Waals surface area (Å²) in [4.78, 5) is 15.2. The molecule has 0 radical (unpaired) electrons. The Kier molecular flexibility index (Phi) is 6.25. The Morgan fingerprint density at radius 3 is 2.46 bits per heavy atom. The van der Waals surface area contributed by atoms with Gasteiger partial charge < -0.3 is 5.32 Å². The zero-order valence-corrected chi connectivity index (χ0v) is 17.5. The van der Waals surface area contributed by atoms with Gasteiger partial charge in [-0.15, -0.1) is 0 Å². The first kappa shape index (κ1) is 19.8. The Bertz CT molecular complexity index is 826. The number of aryl methyl sites for hydroxylation is 1. The van der Waals surface area contributed by atoms with E-state index in [1.807, 2.05) is 18.2 Å². The third-order valence-corrected chi connectivity index (χ3v) is 6.80. The molecule has 1 heterocycles. The van der Waals surface area contributed by atoms with Gasteiger partial charge in [-0.1, -0.05) is 53.5 Å². The van der Waals surface area contributed by atoms with E-state index in [0.717, 1.165) is 57.3 Å². The van der Waals surface area contributed by atoms with Crippen LogP contribution in [0, 0.1) is 5.92 Å². The minimum absolute atomic E-state index is 0.0899. The van der Waals surface area contributed by atoms with Crippen LogP contribution in [0.2, 0.25) is 10.0 Å². The lowest BCUT2D eigenvalue weighted by Gasteiger charge is -2.33. The van der Waals surface area contributed by atoms with Crippen molar-refractivity contribution in [2.45, 2.75) is 44.7 Å². The van der Waals surface area contributed by atoms with Gasteiger partial charge in [0.15, 0.2) is 0 Å². The van der Waals surface area contributed by atoms with Crippen LogP contribution in [0.4, 0.5) is 0 Å². The predicted octanol–water partition coefficient (Wildman–Crippen LogP) is 5.40. The van der Waals surface area contributed by atoms with Crippen LogP contribution in [0.5, 0.6) is 0 Å². The van der Waals surface area contributed by atoms with E-state index >= 15 is 0 Å². The highest BCUT2D eigenvalue weighted by molar-refractivity contribution is 6.35. The lowest BCUT2D eigenvalue weighted by atomic mass is 9.87. The largest absolute Gasteiger partial charge is 0.349 e. The molecule has 0 aromatic heterocycles. The molecule has 1 amide bonds. The molecular weight excluding hydrogens is 391 g/mol. The molecule has 1 N–H and O–H groups in total. The van der Waals surface area contributed by atoms with Gasteiger partial charge in [0.05, 0.1) is 6.04 Å².